The molecule has 6 nitrogen and oxygen atoms in total. The second-order valence-corrected chi connectivity index (χ2v) is 6.18. The summed E-state index contributed by atoms with van der Waals surface area (Å²) in [6.07, 6.45) is 1.16. The summed E-state index contributed by atoms with van der Waals surface area (Å²) in [7, 11) is 3.79. The lowest BCUT2D eigenvalue weighted by molar-refractivity contribution is 0.0960. The fraction of sp³-hybridized carbons (Fsp3) is 0.235. The third-order valence-electron chi connectivity index (χ3n) is 3.64. The Morgan fingerprint density at radius 2 is 2.08 bits per heavy atom. The highest BCUT2D eigenvalue weighted by atomic mass is 35.5. The number of carbonyl (C=O) groups excluding carboxylic acids is 2. The largest absolute Gasteiger partial charge is 0.432 e. The number of oxazole rings is 1. The third-order valence-corrected chi connectivity index (χ3v) is 3.95. The predicted octanol–water partition coefficient (Wildman–Crippen LogP) is 2.55. The highest BCUT2D eigenvalue weighted by Crippen LogP contribution is 2.33. The minimum Gasteiger partial charge on any atom is -0.432 e. The number of likely N-dealkylation sites (N-methyl/N-ethyl adjacent to an activating group) is 1. The number of carbonyl (C=O) groups is 2. The maximum absolute atomic E-state index is 14.0. The molecule has 0 fully saturated rings. The van der Waals surface area contributed by atoms with Crippen molar-refractivity contribution < 1.29 is 18.4 Å². The number of aromatic nitrogens is 1. The van der Waals surface area contributed by atoms with Gasteiger partial charge in [-0.2, -0.15) is 0 Å². The third kappa shape index (κ3) is 3.33. The number of hydrogen-bond acceptors (Lipinski definition) is 6. The van der Waals surface area contributed by atoms with E-state index in [2.05, 4.69) is 10.3 Å². The molecule has 3 rings (SSSR count). The number of Topliss-reactive ketones (excluding diaryl/α,β-unsaturated/α-hetero) is 1. The molecule has 0 unspecified atom stereocenters. The first-order valence-electron chi connectivity index (χ1n) is 7.53. The van der Waals surface area contributed by atoms with Crippen LogP contribution in [0.25, 0.3) is 11.5 Å². The molecule has 8 heteroatoms. The fourth-order valence-electron chi connectivity index (χ4n) is 2.39. The van der Waals surface area contributed by atoms with Crippen LogP contribution < -0.4 is 5.32 Å². The highest BCUT2D eigenvalue weighted by Gasteiger charge is 2.33. The molecule has 1 heterocycles. The molecular formula is C17H15ClFN3O3. The summed E-state index contributed by atoms with van der Waals surface area (Å²) < 4.78 is 19.4. The highest BCUT2D eigenvalue weighted by molar-refractivity contribution is 6.33. The van der Waals surface area contributed by atoms with Gasteiger partial charge in [0.05, 0.1) is 16.3 Å². The average molecular weight is 364 g/mol. The van der Waals surface area contributed by atoms with Crippen molar-refractivity contribution in [3.63, 3.8) is 0 Å². The molecule has 0 bridgehead atoms. The summed E-state index contributed by atoms with van der Waals surface area (Å²) in [5, 5.41) is 2.99. The molecule has 0 aliphatic heterocycles. The molecule has 0 amide bonds. The van der Waals surface area contributed by atoms with Crippen LogP contribution in [0.1, 0.15) is 21.0 Å². The molecule has 25 heavy (non-hydrogen) atoms. The minimum atomic E-state index is -0.650. The SMILES string of the molecule is CN(C)CCNC1=CC(=O)c2oc(-c3c(F)cccc3Cl)nc2C1=O. The van der Waals surface area contributed by atoms with Crippen molar-refractivity contribution in [1.29, 1.82) is 0 Å². The van der Waals surface area contributed by atoms with Crippen LogP contribution in [-0.4, -0.2) is 48.6 Å². The van der Waals surface area contributed by atoms with E-state index >= 15 is 0 Å². The van der Waals surface area contributed by atoms with Gasteiger partial charge in [-0.1, -0.05) is 17.7 Å². The van der Waals surface area contributed by atoms with Gasteiger partial charge < -0.3 is 14.6 Å². The minimum absolute atomic E-state index is 0.0794. The van der Waals surface area contributed by atoms with E-state index in [-0.39, 0.29) is 33.6 Å². The van der Waals surface area contributed by atoms with Crippen molar-refractivity contribution in [3.05, 3.63) is 52.3 Å². The molecule has 1 aromatic heterocycles. The quantitative estimate of drug-likeness (QED) is 0.879. The molecule has 1 aliphatic carbocycles. The second kappa shape index (κ2) is 6.78. The van der Waals surface area contributed by atoms with Crippen molar-refractivity contribution in [2.45, 2.75) is 0 Å². The van der Waals surface area contributed by atoms with Crippen LogP contribution in [0.4, 0.5) is 4.39 Å². The van der Waals surface area contributed by atoms with E-state index in [1.54, 1.807) is 0 Å². The summed E-state index contributed by atoms with van der Waals surface area (Å²) in [6.45, 7) is 1.16. The molecule has 130 valence electrons. The maximum Gasteiger partial charge on any atom is 0.232 e. The van der Waals surface area contributed by atoms with E-state index in [1.165, 1.54) is 18.2 Å². The Hall–Kier alpha value is -2.51. The summed E-state index contributed by atoms with van der Waals surface area (Å²) in [6, 6.07) is 4.11. The van der Waals surface area contributed by atoms with Gasteiger partial charge in [0.15, 0.2) is 5.69 Å². The number of benzene rings is 1. The zero-order valence-electron chi connectivity index (χ0n) is 13.6. The zero-order chi connectivity index (χ0) is 18.1. The average Bonchev–Trinajstić information content (AvgIpc) is 2.97. The Morgan fingerprint density at radius 3 is 2.76 bits per heavy atom. The summed E-state index contributed by atoms with van der Waals surface area (Å²) >= 11 is 5.99. The van der Waals surface area contributed by atoms with Gasteiger partial charge in [-0.15, -0.1) is 0 Å². The van der Waals surface area contributed by atoms with E-state index < -0.39 is 17.4 Å². The standard InChI is InChI=1S/C17H15ClFN3O3/c1-22(2)7-6-20-11-8-12(23)16-14(15(11)24)21-17(25-16)13-9(18)4-3-5-10(13)19/h3-5,8,20H,6-7H2,1-2H3. The molecule has 0 spiro atoms. The Kier molecular flexibility index (Phi) is 4.69. The van der Waals surface area contributed by atoms with Gasteiger partial charge in [0.2, 0.25) is 23.2 Å². The number of ketones is 2. The molecular weight excluding hydrogens is 349 g/mol. The van der Waals surface area contributed by atoms with E-state index in [0.717, 1.165) is 6.08 Å². The Morgan fingerprint density at radius 1 is 1.32 bits per heavy atom. The van der Waals surface area contributed by atoms with Crippen LogP contribution in [0.15, 0.2) is 34.4 Å². The smallest absolute Gasteiger partial charge is 0.232 e. The number of nitrogens with zero attached hydrogens (tertiary/aromatic N) is 2. The summed E-state index contributed by atoms with van der Waals surface area (Å²) in [5.74, 6) is -2.04. The first-order chi connectivity index (χ1) is 11.9. The van der Waals surface area contributed by atoms with Crippen molar-refractivity contribution in [2.24, 2.45) is 0 Å². The molecule has 2 aromatic rings. The molecule has 0 saturated heterocycles. The van der Waals surface area contributed by atoms with E-state index in [9.17, 15) is 14.0 Å². The van der Waals surface area contributed by atoms with E-state index in [1.807, 2.05) is 19.0 Å². The van der Waals surface area contributed by atoms with Gasteiger partial charge in [0.1, 0.15) is 5.82 Å². The van der Waals surface area contributed by atoms with Gasteiger partial charge in [0, 0.05) is 19.2 Å². The van der Waals surface area contributed by atoms with Gasteiger partial charge in [0.25, 0.3) is 0 Å². The lowest BCUT2D eigenvalue weighted by atomic mass is 10.0. The Bertz CT molecular complexity index is 869. The monoisotopic (exact) mass is 363 g/mol. The summed E-state index contributed by atoms with van der Waals surface area (Å²) in [5.41, 5.74) is -0.0886. The second-order valence-electron chi connectivity index (χ2n) is 5.77. The first kappa shape index (κ1) is 17.3. The van der Waals surface area contributed by atoms with E-state index in [0.29, 0.717) is 13.1 Å². The van der Waals surface area contributed by atoms with Gasteiger partial charge in [-0.05, 0) is 26.2 Å². The predicted molar refractivity (Wildman–Crippen MR) is 90.2 cm³/mol. The Labute approximate surface area is 148 Å². The van der Waals surface area contributed by atoms with Gasteiger partial charge in [-0.25, -0.2) is 9.37 Å². The fourth-order valence-corrected chi connectivity index (χ4v) is 2.63. The molecule has 0 saturated carbocycles. The van der Waals surface area contributed by atoms with Crippen molar-refractivity contribution in [1.82, 2.24) is 15.2 Å². The number of rotatable bonds is 5. The van der Waals surface area contributed by atoms with Crippen LogP contribution in [0, 0.1) is 5.82 Å². The molecule has 1 aliphatic rings. The summed E-state index contributed by atoms with van der Waals surface area (Å²) in [4.78, 5) is 30.7. The lowest BCUT2D eigenvalue weighted by Gasteiger charge is -2.14. The topological polar surface area (TPSA) is 75.4 Å². The van der Waals surface area contributed by atoms with Crippen molar-refractivity contribution in [2.75, 3.05) is 27.2 Å². The van der Waals surface area contributed by atoms with Crippen LogP contribution in [0.5, 0.6) is 0 Å². The van der Waals surface area contributed by atoms with E-state index in [4.69, 9.17) is 16.0 Å². The van der Waals surface area contributed by atoms with Gasteiger partial charge in [-0.3, -0.25) is 9.59 Å². The number of fused-ring (bicyclic) bond motifs is 1. The first-order valence-corrected chi connectivity index (χ1v) is 7.91. The Balaban J connectivity index is 1.93. The van der Waals surface area contributed by atoms with Gasteiger partial charge >= 0.3 is 0 Å². The van der Waals surface area contributed by atoms with Crippen LogP contribution >= 0.6 is 11.6 Å². The molecule has 1 N–H and O–H groups in total. The molecule has 0 atom stereocenters. The maximum atomic E-state index is 14.0. The van der Waals surface area contributed by atoms with Crippen LogP contribution in [0.3, 0.4) is 0 Å². The van der Waals surface area contributed by atoms with Crippen molar-refractivity contribution >= 4 is 23.2 Å². The number of hydrogen-bond donors (Lipinski definition) is 1. The number of halogens is 2. The normalized spacial score (nSPS) is 13.9. The van der Waals surface area contributed by atoms with Crippen molar-refractivity contribution in [3.8, 4) is 11.5 Å². The number of nitrogens with one attached hydrogen (secondary N) is 1. The molecule has 1 aromatic carbocycles. The molecule has 0 radical (unpaired) electrons. The number of allylic oxidation sites excluding steroid dienone is 2. The zero-order valence-corrected chi connectivity index (χ0v) is 14.4. The van der Waals surface area contributed by atoms with Crippen LogP contribution in [0.2, 0.25) is 5.02 Å². The lowest BCUT2D eigenvalue weighted by Crippen LogP contribution is -2.31. The van der Waals surface area contributed by atoms with Crippen LogP contribution in [-0.2, 0) is 0 Å².